The molecular weight excluding hydrogens is 194 g/mol. The van der Waals surface area contributed by atoms with Gasteiger partial charge in [-0.15, -0.1) is 0 Å². The maximum Gasteiger partial charge on any atom is 0.332 e. The molecule has 7 heteroatoms. The SMILES string of the molecule is CCS(=O)(=O)NC(=O)N1CC1C#N. The average molecular weight is 203 g/mol. The van der Waals surface area contributed by atoms with E-state index in [0.29, 0.717) is 6.54 Å². The van der Waals surface area contributed by atoms with Crippen molar-refractivity contribution in [3.8, 4) is 6.07 Å². The van der Waals surface area contributed by atoms with E-state index < -0.39 is 22.1 Å². The Bertz CT molecular complexity index is 356. The Morgan fingerprint density at radius 2 is 2.38 bits per heavy atom. The van der Waals surface area contributed by atoms with Gasteiger partial charge in [-0.2, -0.15) is 5.26 Å². The number of carbonyl (C=O) groups is 1. The minimum atomic E-state index is -3.51. The van der Waals surface area contributed by atoms with Gasteiger partial charge in [0.25, 0.3) is 0 Å². The second-order valence-corrected chi connectivity index (χ2v) is 4.62. The molecule has 0 aromatic rings. The largest absolute Gasteiger partial charge is 0.332 e. The predicted octanol–water partition coefficient (Wildman–Crippen LogP) is -0.747. The summed E-state index contributed by atoms with van der Waals surface area (Å²) >= 11 is 0. The Labute approximate surface area is 76.2 Å². The summed E-state index contributed by atoms with van der Waals surface area (Å²) in [4.78, 5) is 12.2. The maximum atomic E-state index is 11.0. The van der Waals surface area contributed by atoms with Crippen molar-refractivity contribution in [2.75, 3.05) is 12.3 Å². The van der Waals surface area contributed by atoms with Gasteiger partial charge in [-0.3, -0.25) is 0 Å². The summed E-state index contributed by atoms with van der Waals surface area (Å²) in [5.41, 5.74) is 0. The second-order valence-electron chi connectivity index (χ2n) is 2.61. The van der Waals surface area contributed by atoms with E-state index in [9.17, 15) is 13.2 Å². The molecule has 1 unspecified atom stereocenters. The quantitative estimate of drug-likeness (QED) is 0.598. The van der Waals surface area contributed by atoms with Crippen LogP contribution in [0.4, 0.5) is 4.79 Å². The van der Waals surface area contributed by atoms with Crippen molar-refractivity contribution in [1.29, 1.82) is 5.26 Å². The molecule has 1 rings (SSSR count). The highest BCUT2D eigenvalue weighted by Crippen LogP contribution is 2.15. The molecule has 1 aliphatic rings. The van der Waals surface area contributed by atoms with Crippen LogP contribution in [0.5, 0.6) is 0 Å². The van der Waals surface area contributed by atoms with Gasteiger partial charge in [0, 0.05) is 0 Å². The molecule has 0 bridgehead atoms. The molecule has 0 aliphatic carbocycles. The molecule has 1 fully saturated rings. The van der Waals surface area contributed by atoms with Gasteiger partial charge in [0.2, 0.25) is 10.0 Å². The molecule has 0 radical (unpaired) electrons. The van der Waals surface area contributed by atoms with Crippen LogP contribution in [0.1, 0.15) is 6.92 Å². The van der Waals surface area contributed by atoms with E-state index in [1.807, 2.05) is 10.8 Å². The van der Waals surface area contributed by atoms with Gasteiger partial charge in [-0.25, -0.2) is 17.9 Å². The minimum absolute atomic E-state index is 0.149. The molecule has 1 saturated heterocycles. The lowest BCUT2D eigenvalue weighted by molar-refractivity contribution is 0.234. The van der Waals surface area contributed by atoms with Crippen molar-refractivity contribution >= 4 is 16.1 Å². The normalized spacial score (nSPS) is 20.6. The van der Waals surface area contributed by atoms with Crippen molar-refractivity contribution in [2.24, 2.45) is 0 Å². The first-order valence-corrected chi connectivity index (χ1v) is 5.36. The number of urea groups is 1. The van der Waals surface area contributed by atoms with E-state index in [0.717, 1.165) is 4.90 Å². The monoisotopic (exact) mass is 203 g/mol. The minimum Gasteiger partial charge on any atom is -0.303 e. The Kier molecular flexibility index (Phi) is 2.43. The van der Waals surface area contributed by atoms with Crippen LogP contribution >= 0.6 is 0 Å². The molecule has 1 heterocycles. The Hall–Kier alpha value is -1.29. The van der Waals surface area contributed by atoms with Gasteiger partial charge in [0.15, 0.2) is 0 Å². The van der Waals surface area contributed by atoms with E-state index in [1.165, 1.54) is 6.92 Å². The summed E-state index contributed by atoms with van der Waals surface area (Å²) < 4.78 is 23.6. The summed E-state index contributed by atoms with van der Waals surface area (Å²) in [5.74, 6) is -0.149. The van der Waals surface area contributed by atoms with Gasteiger partial charge in [0.1, 0.15) is 6.04 Å². The average Bonchev–Trinajstić information content (AvgIpc) is 2.82. The highest BCUT2D eigenvalue weighted by Gasteiger charge is 2.39. The Morgan fingerprint density at radius 1 is 1.77 bits per heavy atom. The van der Waals surface area contributed by atoms with Crippen LogP contribution in [-0.4, -0.2) is 37.7 Å². The molecule has 72 valence electrons. The van der Waals surface area contributed by atoms with Gasteiger partial charge in [-0.05, 0) is 6.92 Å². The molecule has 1 N–H and O–H groups in total. The lowest BCUT2D eigenvalue weighted by Gasteiger charge is -2.04. The lowest BCUT2D eigenvalue weighted by Crippen LogP contribution is -2.35. The zero-order valence-electron chi connectivity index (χ0n) is 7.02. The Morgan fingerprint density at radius 3 is 2.77 bits per heavy atom. The van der Waals surface area contributed by atoms with E-state index >= 15 is 0 Å². The number of rotatable bonds is 2. The Balaban J connectivity index is 2.50. The highest BCUT2D eigenvalue weighted by atomic mass is 32.2. The van der Waals surface area contributed by atoms with Crippen molar-refractivity contribution in [2.45, 2.75) is 13.0 Å². The smallest absolute Gasteiger partial charge is 0.303 e. The molecule has 0 spiro atoms. The van der Waals surface area contributed by atoms with E-state index in [4.69, 9.17) is 5.26 Å². The van der Waals surface area contributed by atoms with Crippen molar-refractivity contribution in [3.63, 3.8) is 0 Å². The summed E-state index contributed by atoms with van der Waals surface area (Å²) in [6.07, 6.45) is 0. The number of hydrogen-bond donors (Lipinski definition) is 1. The third-order valence-corrected chi connectivity index (χ3v) is 2.89. The standard InChI is InChI=1S/C6H9N3O3S/c1-2-13(11,12)8-6(10)9-4-5(9)3-7/h5H,2,4H2,1H3,(H,8,10). The zero-order chi connectivity index (χ0) is 10.1. The number of amides is 2. The molecular formula is C6H9N3O3S. The van der Waals surface area contributed by atoms with Gasteiger partial charge in [-0.1, -0.05) is 0 Å². The van der Waals surface area contributed by atoms with Gasteiger partial charge in [0.05, 0.1) is 18.4 Å². The fourth-order valence-corrected chi connectivity index (χ4v) is 1.27. The molecule has 13 heavy (non-hydrogen) atoms. The van der Waals surface area contributed by atoms with Crippen molar-refractivity contribution < 1.29 is 13.2 Å². The van der Waals surface area contributed by atoms with Crippen LogP contribution in [0.3, 0.4) is 0 Å². The van der Waals surface area contributed by atoms with E-state index in [-0.39, 0.29) is 5.75 Å². The van der Waals surface area contributed by atoms with Crippen molar-refractivity contribution in [3.05, 3.63) is 0 Å². The third kappa shape index (κ3) is 2.32. The van der Waals surface area contributed by atoms with Crippen LogP contribution in [0.2, 0.25) is 0 Å². The molecule has 1 aliphatic heterocycles. The van der Waals surface area contributed by atoms with Crippen LogP contribution < -0.4 is 4.72 Å². The summed E-state index contributed by atoms with van der Waals surface area (Å²) in [6, 6.07) is 0.664. The second kappa shape index (κ2) is 3.22. The molecule has 0 saturated carbocycles. The maximum absolute atomic E-state index is 11.0. The molecule has 2 amide bonds. The fraction of sp³-hybridized carbons (Fsp3) is 0.667. The van der Waals surface area contributed by atoms with Gasteiger partial charge < -0.3 is 4.90 Å². The van der Waals surface area contributed by atoms with Crippen LogP contribution in [-0.2, 0) is 10.0 Å². The number of nitrogens with one attached hydrogen (secondary N) is 1. The first kappa shape index (κ1) is 9.80. The fourth-order valence-electron chi connectivity index (χ4n) is 0.738. The van der Waals surface area contributed by atoms with Crippen molar-refractivity contribution in [1.82, 2.24) is 9.62 Å². The first-order valence-electron chi connectivity index (χ1n) is 3.71. The number of sulfonamides is 1. The number of carbonyl (C=O) groups excluding carboxylic acids is 1. The summed E-state index contributed by atoms with van der Waals surface area (Å²) in [7, 11) is -3.51. The summed E-state index contributed by atoms with van der Waals surface area (Å²) in [6.45, 7) is 1.74. The van der Waals surface area contributed by atoms with Crippen LogP contribution in [0.15, 0.2) is 0 Å². The number of hydrogen-bond acceptors (Lipinski definition) is 4. The number of nitrogens with zero attached hydrogens (tertiary/aromatic N) is 2. The molecule has 6 nitrogen and oxygen atoms in total. The molecule has 0 aromatic carbocycles. The lowest BCUT2D eigenvalue weighted by atomic mass is 10.5. The van der Waals surface area contributed by atoms with Crippen LogP contribution in [0.25, 0.3) is 0 Å². The highest BCUT2D eigenvalue weighted by molar-refractivity contribution is 7.90. The first-order chi connectivity index (χ1) is 6.00. The summed E-state index contributed by atoms with van der Waals surface area (Å²) in [5, 5.41) is 8.36. The van der Waals surface area contributed by atoms with Gasteiger partial charge >= 0.3 is 6.03 Å². The number of nitriles is 1. The van der Waals surface area contributed by atoms with E-state index in [1.54, 1.807) is 0 Å². The van der Waals surface area contributed by atoms with Crippen LogP contribution in [0, 0.1) is 11.3 Å². The van der Waals surface area contributed by atoms with E-state index in [2.05, 4.69) is 0 Å². The molecule has 1 atom stereocenters. The zero-order valence-corrected chi connectivity index (χ0v) is 7.84. The molecule has 0 aromatic heterocycles. The topological polar surface area (TPSA) is 90.0 Å². The third-order valence-electron chi connectivity index (χ3n) is 1.65. The predicted molar refractivity (Wildman–Crippen MR) is 44.1 cm³/mol.